The normalized spacial score (nSPS) is 17.5. The van der Waals surface area contributed by atoms with Crippen molar-refractivity contribution in [3.8, 4) is 0 Å². The molecule has 2 atom stereocenters. The number of aromatic amines is 1. The van der Waals surface area contributed by atoms with Crippen molar-refractivity contribution in [2.75, 3.05) is 18.6 Å². The molecule has 192 valence electrons. The van der Waals surface area contributed by atoms with Crippen LogP contribution in [0.3, 0.4) is 0 Å². The second kappa shape index (κ2) is 11.3. The topological polar surface area (TPSA) is 65.6 Å². The molecule has 2 heterocycles. The first-order valence-corrected chi connectivity index (χ1v) is 12.7. The van der Waals surface area contributed by atoms with Crippen molar-refractivity contribution in [1.29, 1.82) is 0 Å². The molecule has 38 heavy (non-hydrogen) atoms. The SMILES string of the molecule is C=CCN1C(c2ccccc2)c2[nH]c(C(=O)OC)cc2N(Cc2ccccc2)C(=O)[C@@H]1Cc1ccccc1. The molecule has 0 radical (unpaired) electrons. The Morgan fingerprint density at radius 1 is 0.947 bits per heavy atom. The highest BCUT2D eigenvalue weighted by atomic mass is 16.5. The highest BCUT2D eigenvalue weighted by Crippen LogP contribution is 2.41. The minimum absolute atomic E-state index is 0.0327. The number of hydrogen-bond acceptors (Lipinski definition) is 4. The molecule has 3 aromatic carbocycles. The average molecular weight is 506 g/mol. The monoisotopic (exact) mass is 505 g/mol. The summed E-state index contributed by atoms with van der Waals surface area (Å²) in [6.45, 7) is 4.87. The van der Waals surface area contributed by atoms with Crippen LogP contribution in [0.1, 0.15) is 38.9 Å². The first kappa shape index (κ1) is 25.2. The number of anilines is 1. The van der Waals surface area contributed by atoms with Gasteiger partial charge in [-0.05, 0) is 29.2 Å². The Bertz CT molecular complexity index is 1400. The fraction of sp³-hybridized carbons (Fsp3) is 0.188. The number of H-pyrrole nitrogens is 1. The zero-order valence-corrected chi connectivity index (χ0v) is 21.4. The van der Waals surface area contributed by atoms with Crippen LogP contribution in [0.4, 0.5) is 5.69 Å². The van der Waals surface area contributed by atoms with Crippen LogP contribution >= 0.6 is 0 Å². The van der Waals surface area contributed by atoms with E-state index in [1.54, 1.807) is 11.0 Å². The number of nitrogens with zero attached hydrogens (tertiary/aromatic N) is 2. The maximum absolute atomic E-state index is 14.5. The van der Waals surface area contributed by atoms with Gasteiger partial charge in [0, 0.05) is 6.54 Å². The van der Waals surface area contributed by atoms with E-state index in [9.17, 15) is 9.59 Å². The van der Waals surface area contributed by atoms with Gasteiger partial charge in [-0.3, -0.25) is 9.69 Å². The number of methoxy groups -OCH3 is 1. The lowest BCUT2D eigenvalue weighted by atomic mass is 9.97. The van der Waals surface area contributed by atoms with Gasteiger partial charge < -0.3 is 14.6 Å². The molecule has 5 rings (SSSR count). The fourth-order valence-corrected chi connectivity index (χ4v) is 5.24. The van der Waals surface area contributed by atoms with E-state index in [0.717, 1.165) is 22.4 Å². The molecule has 0 fully saturated rings. The summed E-state index contributed by atoms with van der Waals surface area (Å²) < 4.78 is 5.04. The van der Waals surface area contributed by atoms with Gasteiger partial charge in [0.25, 0.3) is 0 Å². The van der Waals surface area contributed by atoms with Gasteiger partial charge >= 0.3 is 5.97 Å². The van der Waals surface area contributed by atoms with E-state index in [2.05, 4.69) is 40.7 Å². The molecule has 1 aliphatic rings. The zero-order valence-electron chi connectivity index (χ0n) is 21.4. The van der Waals surface area contributed by atoms with Crippen LogP contribution in [-0.2, 0) is 22.5 Å². The van der Waals surface area contributed by atoms with Crippen LogP contribution in [0.15, 0.2) is 110 Å². The van der Waals surface area contributed by atoms with Crippen LogP contribution < -0.4 is 4.90 Å². The fourth-order valence-electron chi connectivity index (χ4n) is 5.24. The highest BCUT2D eigenvalue weighted by molar-refractivity contribution is 6.00. The van der Waals surface area contributed by atoms with Gasteiger partial charge in [0.1, 0.15) is 5.69 Å². The summed E-state index contributed by atoms with van der Waals surface area (Å²) in [6, 6.07) is 31.0. The maximum atomic E-state index is 14.5. The predicted molar refractivity (Wildman–Crippen MR) is 149 cm³/mol. The number of ether oxygens (including phenoxy) is 1. The molecule has 0 spiro atoms. The molecule has 0 bridgehead atoms. The van der Waals surface area contributed by atoms with Crippen molar-refractivity contribution in [2.24, 2.45) is 0 Å². The lowest BCUT2D eigenvalue weighted by Crippen LogP contribution is -2.49. The number of benzene rings is 3. The summed E-state index contributed by atoms with van der Waals surface area (Å²) in [7, 11) is 1.36. The molecule has 4 aromatic rings. The van der Waals surface area contributed by atoms with Crippen LogP contribution in [-0.4, -0.2) is 41.5 Å². The molecule has 1 N–H and O–H groups in total. The number of fused-ring (bicyclic) bond motifs is 1. The van der Waals surface area contributed by atoms with E-state index < -0.39 is 12.0 Å². The van der Waals surface area contributed by atoms with Gasteiger partial charge in [0.05, 0.1) is 37.1 Å². The largest absolute Gasteiger partial charge is 0.464 e. The van der Waals surface area contributed by atoms with Crippen molar-refractivity contribution in [3.63, 3.8) is 0 Å². The summed E-state index contributed by atoms with van der Waals surface area (Å²) in [6.07, 6.45) is 2.37. The Morgan fingerprint density at radius 3 is 2.16 bits per heavy atom. The third kappa shape index (κ3) is 5.04. The quantitative estimate of drug-likeness (QED) is 0.252. The van der Waals surface area contributed by atoms with E-state index in [-0.39, 0.29) is 11.9 Å². The second-order valence-corrected chi connectivity index (χ2v) is 9.39. The molecule has 1 aliphatic heterocycles. The molecular formula is C32H31N3O3. The number of aromatic nitrogens is 1. The third-order valence-corrected chi connectivity index (χ3v) is 6.99. The first-order chi connectivity index (χ1) is 18.6. The molecule has 1 aromatic heterocycles. The number of rotatable bonds is 8. The van der Waals surface area contributed by atoms with Crippen molar-refractivity contribution in [3.05, 3.63) is 138 Å². The number of amides is 1. The second-order valence-electron chi connectivity index (χ2n) is 9.39. The first-order valence-electron chi connectivity index (χ1n) is 12.7. The van der Waals surface area contributed by atoms with E-state index >= 15 is 0 Å². The van der Waals surface area contributed by atoms with Crippen molar-refractivity contribution in [2.45, 2.75) is 25.0 Å². The molecule has 1 amide bonds. The molecule has 0 saturated carbocycles. The molecule has 6 heteroatoms. The Labute approximate surface area is 223 Å². The van der Waals surface area contributed by atoms with Gasteiger partial charge in [0.2, 0.25) is 5.91 Å². The maximum Gasteiger partial charge on any atom is 0.354 e. The number of hydrogen-bond donors (Lipinski definition) is 1. The van der Waals surface area contributed by atoms with Gasteiger partial charge in [0.15, 0.2) is 0 Å². The Kier molecular flexibility index (Phi) is 7.52. The van der Waals surface area contributed by atoms with E-state index in [1.165, 1.54) is 7.11 Å². The van der Waals surface area contributed by atoms with Crippen molar-refractivity contribution in [1.82, 2.24) is 9.88 Å². The van der Waals surface area contributed by atoms with Gasteiger partial charge in [-0.2, -0.15) is 0 Å². The Hall–Kier alpha value is -4.42. The van der Waals surface area contributed by atoms with Crippen LogP contribution in [0, 0.1) is 0 Å². The predicted octanol–water partition coefficient (Wildman–Crippen LogP) is 5.54. The van der Waals surface area contributed by atoms with Crippen LogP contribution in [0.5, 0.6) is 0 Å². The molecule has 6 nitrogen and oxygen atoms in total. The Morgan fingerprint density at radius 2 is 1.55 bits per heavy atom. The average Bonchev–Trinajstić information content (AvgIpc) is 3.37. The molecule has 0 aliphatic carbocycles. The molecule has 1 unspecified atom stereocenters. The van der Waals surface area contributed by atoms with Gasteiger partial charge in [-0.25, -0.2) is 4.79 Å². The standard InChI is InChI=1S/C32H31N3O3/c1-3-19-34-28(20-23-13-7-4-8-14-23)31(36)35(22-24-15-9-5-10-16-24)27-21-26(32(37)38-2)33-29(27)30(34)25-17-11-6-12-18-25/h3-18,21,28,30,33H,1,19-20,22H2,2H3/t28-,30?/m0/s1. The van der Waals surface area contributed by atoms with Crippen molar-refractivity contribution >= 4 is 17.6 Å². The van der Waals surface area contributed by atoms with Crippen LogP contribution in [0.25, 0.3) is 0 Å². The third-order valence-electron chi connectivity index (χ3n) is 6.99. The summed E-state index contributed by atoms with van der Waals surface area (Å²) in [5, 5.41) is 0. The Balaban J connectivity index is 1.72. The summed E-state index contributed by atoms with van der Waals surface area (Å²) >= 11 is 0. The summed E-state index contributed by atoms with van der Waals surface area (Å²) in [5.41, 5.74) is 4.85. The number of carbonyl (C=O) groups excluding carboxylic acids is 2. The van der Waals surface area contributed by atoms with E-state index in [1.807, 2.05) is 72.8 Å². The number of carbonyl (C=O) groups is 2. The van der Waals surface area contributed by atoms with Gasteiger partial charge in [-0.15, -0.1) is 6.58 Å². The van der Waals surface area contributed by atoms with Crippen LogP contribution in [0.2, 0.25) is 0 Å². The zero-order chi connectivity index (χ0) is 26.5. The lowest BCUT2D eigenvalue weighted by molar-refractivity contribution is -0.124. The summed E-state index contributed by atoms with van der Waals surface area (Å²) in [4.78, 5) is 34.5. The highest BCUT2D eigenvalue weighted by Gasteiger charge is 2.42. The molecular weight excluding hydrogens is 474 g/mol. The van der Waals surface area contributed by atoms with E-state index in [4.69, 9.17) is 4.74 Å². The van der Waals surface area contributed by atoms with Crippen molar-refractivity contribution < 1.29 is 14.3 Å². The summed E-state index contributed by atoms with van der Waals surface area (Å²) in [5.74, 6) is -0.511. The van der Waals surface area contributed by atoms with E-state index in [0.29, 0.717) is 30.9 Å². The number of esters is 1. The minimum Gasteiger partial charge on any atom is -0.464 e. The van der Waals surface area contributed by atoms with Gasteiger partial charge in [-0.1, -0.05) is 97.1 Å². The molecule has 0 saturated heterocycles. The lowest BCUT2D eigenvalue weighted by Gasteiger charge is -2.35. The smallest absolute Gasteiger partial charge is 0.354 e. The number of nitrogens with one attached hydrogen (secondary N) is 1. The minimum atomic E-state index is -0.479.